The van der Waals surface area contributed by atoms with Crippen molar-refractivity contribution in [1.82, 2.24) is 5.48 Å². The van der Waals surface area contributed by atoms with Crippen LogP contribution in [0.3, 0.4) is 0 Å². The number of hydrogen-bond acceptors (Lipinski definition) is 3. The lowest BCUT2D eigenvalue weighted by molar-refractivity contribution is 0.133. The third-order valence-electron chi connectivity index (χ3n) is 1.73. The number of rotatable bonds is 2. The van der Waals surface area contributed by atoms with Crippen LogP contribution >= 0.6 is 31.9 Å². The van der Waals surface area contributed by atoms with Crippen LogP contribution in [0.2, 0.25) is 0 Å². The summed E-state index contributed by atoms with van der Waals surface area (Å²) in [5.41, 5.74) is 3.01. The van der Waals surface area contributed by atoms with Crippen LogP contribution in [0.4, 0.5) is 0 Å². The third-order valence-corrected chi connectivity index (χ3v) is 2.94. The average molecular weight is 311 g/mol. The number of benzene rings is 1. The number of phenols is 1. The summed E-state index contributed by atoms with van der Waals surface area (Å²) in [6, 6.07) is 3.32. The Kier molecular flexibility index (Phi) is 3.73. The van der Waals surface area contributed by atoms with Gasteiger partial charge in [-0.3, -0.25) is 0 Å². The monoisotopic (exact) mass is 309 g/mol. The molecule has 0 spiro atoms. The van der Waals surface area contributed by atoms with Crippen molar-refractivity contribution in [3.8, 4) is 5.75 Å². The van der Waals surface area contributed by atoms with Gasteiger partial charge < -0.3 is 10.3 Å². The van der Waals surface area contributed by atoms with E-state index in [9.17, 15) is 5.11 Å². The Bertz CT molecular complexity index is 294. The quantitative estimate of drug-likeness (QED) is 0.736. The van der Waals surface area contributed by atoms with Gasteiger partial charge >= 0.3 is 0 Å². The Morgan fingerprint density at radius 2 is 1.77 bits per heavy atom. The van der Waals surface area contributed by atoms with Gasteiger partial charge in [0.1, 0.15) is 5.75 Å². The number of nitrogens with one attached hydrogen (secondary N) is 1. The zero-order chi connectivity index (χ0) is 10.0. The SMILES string of the molecule is C[C@H](NO)c1cc(Br)c(O)c(Br)c1. The first-order valence-electron chi connectivity index (χ1n) is 3.63. The molecule has 0 radical (unpaired) electrons. The molecule has 0 saturated heterocycles. The highest BCUT2D eigenvalue weighted by atomic mass is 79.9. The molecule has 1 atom stereocenters. The second kappa shape index (κ2) is 4.41. The van der Waals surface area contributed by atoms with Gasteiger partial charge in [0.25, 0.3) is 0 Å². The molecule has 1 rings (SSSR count). The molecule has 1 aromatic rings. The Balaban J connectivity index is 3.13. The number of halogens is 2. The molecule has 0 unspecified atom stereocenters. The number of hydrogen-bond donors (Lipinski definition) is 3. The largest absolute Gasteiger partial charge is 0.506 e. The molecule has 0 aliphatic rings. The molecule has 0 amide bonds. The smallest absolute Gasteiger partial charge is 0.143 e. The summed E-state index contributed by atoms with van der Waals surface area (Å²) in [5.74, 6) is 0.161. The lowest BCUT2D eigenvalue weighted by Crippen LogP contribution is -2.13. The van der Waals surface area contributed by atoms with Gasteiger partial charge in [-0.15, -0.1) is 0 Å². The highest BCUT2D eigenvalue weighted by Gasteiger charge is 2.09. The van der Waals surface area contributed by atoms with Gasteiger partial charge in [0.15, 0.2) is 0 Å². The van der Waals surface area contributed by atoms with E-state index in [0.29, 0.717) is 8.95 Å². The number of hydroxylamine groups is 1. The molecular weight excluding hydrogens is 302 g/mol. The first-order chi connectivity index (χ1) is 6.06. The first kappa shape index (κ1) is 11.0. The van der Waals surface area contributed by atoms with E-state index >= 15 is 0 Å². The van der Waals surface area contributed by atoms with E-state index < -0.39 is 0 Å². The molecule has 1 aromatic carbocycles. The summed E-state index contributed by atoms with van der Waals surface area (Å²) < 4.78 is 1.19. The van der Waals surface area contributed by atoms with Crippen molar-refractivity contribution < 1.29 is 10.3 Å². The van der Waals surface area contributed by atoms with Gasteiger partial charge in [0.05, 0.1) is 15.0 Å². The van der Waals surface area contributed by atoms with Crippen LogP contribution in [-0.4, -0.2) is 10.3 Å². The van der Waals surface area contributed by atoms with E-state index in [-0.39, 0.29) is 11.8 Å². The molecule has 0 bridgehead atoms. The third kappa shape index (κ3) is 2.43. The second-order valence-corrected chi connectivity index (χ2v) is 4.39. The van der Waals surface area contributed by atoms with Gasteiger partial charge in [0, 0.05) is 0 Å². The fourth-order valence-electron chi connectivity index (χ4n) is 0.910. The van der Waals surface area contributed by atoms with E-state index in [1.54, 1.807) is 12.1 Å². The minimum atomic E-state index is -0.173. The molecule has 0 fully saturated rings. The van der Waals surface area contributed by atoms with Crippen LogP contribution in [0.5, 0.6) is 5.75 Å². The first-order valence-corrected chi connectivity index (χ1v) is 5.22. The van der Waals surface area contributed by atoms with Crippen LogP contribution in [-0.2, 0) is 0 Å². The fraction of sp³-hybridized carbons (Fsp3) is 0.250. The highest BCUT2D eigenvalue weighted by molar-refractivity contribution is 9.11. The Morgan fingerprint density at radius 3 is 2.15 bits per heavy atom. The van der Waals surface area contributed by atoms with Crippen molar-refractivity contribution in [2.24, 2.45) is 0 Å². The van der Waals surface area contributed by atoms with Crippen molar-refractivity contribution in [2.75, 3.05) is 0 Å². The Morgan fingerprint density at radius 1 is 1.31 bits per heavy atom. The van der Waals surface area contributed by atoms with E-state index in [2.05, 4.69) is 37.3 Å². The molecule has 3 N–H and O–H groups in total. The van der Waals surface area contributed by atoms with Crippen molar-refractivity contribution in [1.29, 1.82) is 0 Å². The maximum atomic E-state index is 9.41. The summed E-state index contributed by atoms with van der Waals surface area (Å²) in [4.78, 5) is 0. The van der Waals surface area contributed by atoms with Crippen molar-refractivity contribution in [2.45, 2.75) is 13.0 Å². The van der Waals surface area contributed by atoms with E-state index in [0.717, 1.165) is 5.56 Å². The van der Waals surface area contributed by atoms with Crippen LogP contribution in [0, 0.1) is 0 Å². The lowest BCUT2D eigenvalue weighted by atomic mass is 10.1. The second-order valence-electron chi connectivity index (χ2n) is 2.68. The number of aromatic hydroxyl groups is 1. The van der Waals surface area contributed by atoms with Crippen LogP contribution in [0.1, 0.15) is 18.5 Å². The standard InChI is InChI=1S/C8H9Br2NO2/c1-4(11-13)5-2-6(9)8(12)7(10)3-5/h2-4,11-13H,1H3/t4-/m0/s1. The molecular formula is C8H9Br2NO2. The molecule has 0 saturated carbocycles. The van der Waals surface area contributed by atoms with Crippen LogP contribution in [0.15, 0.2) is 21.1 Å². The van der Waals surface area contributed by atoms with E-state index in [1.807, 2.05) is 6.92 Å². The summed E-state index contributed by atoms with van der Waals surface area (Å²) in [5, 5.41) is 18.1. The maximum Gasteiger partial charge on any atom is 0.143 e. The van der Waals surface area contributed by atoms with Gasteiger partial charge in [-0.05, 0) is 56.5 Å². The van der Waals surface area contributed by atoms with E-state index in [4.69, 9.17) is 5.21 Å². The Hall–Kier alpha value is -0.100. The van der Waals surface area contributed by atoms with Gasteiger partial charge in [-0.2, -0.15) is 5.48 Å². The van der Waals surface area contributed by atoms with Crippen LogP contribution < -0.4 is 5.48 Å². The average Bonchev–Trinajstić information content (AvgIpc) is 2.12. The van der Waals surface area contributed by atoms with Crippen molar-refractivity contribution in [3.05, 3.63) is 26.6 Å². The predicted molar refractivity (Wildman–Crippen MR) is 56.8 cm³/mol. The molecule has 13 heavy (non-hydrogen) atoms. The minimum Gasteiger partial charge on any atom is -0.506 e. The zero-order valence-corrected chi connectivity index (χ0v) is 10.1. The summed E-state index contributed by atoms with van der Waals surface area (Å²) >= 11 is 6.41. The van der Waals surface area contributed by atoms with Crippen LogP contribution in [0.25, 0.3) is 0 Å². The van der Waals surface area contributed by atoms with Crippen molar-refractivity contribution >= 4 is 31.9 Å². The fourth-order valence-corrected chi connectivity index (χ4v) is 2.13. The molecule has 0 heterocycles. The normalized spacial score (nSPS) is 12.9. The number of phenolic OH excluding ortho intramolecular Hbond substituents is 1. The lowest BCUT2D eigenvalue weighted by Gasteiger charge is -2.11. The molecule has 5 heteroatoms. The molecule has 72 valence electrons. The van der Waals surface area contributed by atoms with Crippen molar-refractivity contribution in [3.63, 3.8) is 0 Å². The summed E-state index contributed by atoms with van der Waals surface area (Å²) in [6.07, 6.45) is 0. The Labute approximate surface area is 93.0 Å². The molecule has 0 aromatic heterocycles. The maximum absolute atomic E-state index is 9.41. The molecule has 3 nitrogen and oxygen atoms in total. The van der Waals surface area contributed by atoms with Gasteiger partial charge in [-0.1, -0.05) is 0 Å². The topological polar surface area (TPSA) is 52.5 Å². The summed E-state index contributed by atoms with van der Waals surface area (Å²) in [7, 11) is 0. The summed E-state index contributed by atoms with van der Waals surface area (Å²) in [6.45, 7) is 1.81. The van der Waals surface area contributed by atoms with Gasteiger partial charge in [0.2, 0.25) is 0 Å². The zero-order valence-electron chi connectivity index (χ0n) is 6.88. The van der Waals surface area contributed by atoms with Gasteiger partial charge in [-0.25, -0.2) is 0 Å². The predicted octanol–water partition coefficient (Wildman–Crippen LogP) is 2.96. The highest BCUT2D eigenvalue weighted by Crippen LogP contribution is 2.34. The molecule has 0 aliphatic heterocycles. The minimum absolute atomic E-state index is 0.161. The van der Waals surface area contributed by atoms with E-state index in [1.165, 1.54) is 0 Å². The molecule has 0 aliphatic carbocycles.